The van der Waals surface area contributed by atoms with Gasteiger partial charge in [-0.1, -0.05) is 6.07 Å². The summed E-state index contributed by atoms with van der Waals surface area (Å²) in [5.41, 5.74) is 1.79. The topological polar surface area (TPSA) is 29.9 Å². The van der Waals surface area contributed by atoms with Crippen molar-refractivity contribution in [3.05, 3.63) is 53.4 Å². The van der Waals surface area contributed by atoms with Crippen LogP contribution in [0.25, 0.3) is 0 Å². The van der Waals surface area contributed by atoms with Gasteiger partial charge in [0.05, 0.1) is 5.69 Å². The zero-order valence-electron chi connectivity index (χ0n) is 11.0. The molecule has 0 saturated carbocycles. The molecule has 0 spiro atoms. The fraction of sp³-hybridized carbons (Fsp3) is 0.357. The summed E-state index contributed by atoms with van der Waals surface area (Å²) >= 11 is 0. The lowest BCUT2D eigenvalue weighted by Crippen LogP contribution is -2.20. The zero-order chi connectivity index (χ0) is 13.8. The summed E-state index contributed by atoms with van der Waals surface area (Å²) in [6.07, 6.45) is 1.75. The van der Waals surface area contributed by atoms with Crippen LogP contribution in [0.1, 0.15) is 31.1 Å². The lowest BCUT2D eigenvalue weighted by atomic mass is 10.1. The lowest BCUT2D eigenvalue weighted by Gasteiger charge is -2.15. The number of nitrogens with zero attached hydrogens (tertiary/aromatic N) is 2. The SMILES string of the molecule is CCn1nccc1CNC(C)c1ccc(F)c(F)c1. The fourth-order valence-electron chi connectivity index (χ4n) is 1.95. The van der Waals surface area contributed by atoms with Crippen LogP contribution in [0.15, 0.2) is 30.5 Å². The average Bonchev–Trinajstić information content (AvgIpc) is 2.86. The minimum Gasteiger partial charge on any atom is -0.305 e. The summed E-state index contributed by atoms with van der Waals surface area (Å²) in [6.45, 7) is 5.38. The van der Waals surface area contributed by atoms with Crippen molar-refractivity contribution >= 4 is 0 Å². The molecule has 2 aromatic rings. The van der Waals surface area contributed by atoms with Gasteiger partial charge < -0.3 is 5.32 Å². The van der Waals surface area contributed by atoms with Gasteiger partial charge in [-0.05, 0) is 37.6 Å². The molecule has 0 fully saturated rings. The van der Waals surface area contributed by atoms with Crippen LogP contribution in [0, 0.1) is 11.6 Å². The summed E-state index contributed by atoms with van der Waals surface area (Å²) in [7, 11) is 0. The van der Waals surface area contributed by atoms with Crippen LogP contribution in [0.2, 0.25) is 0 Å². The Bertz CT molecular complexity index is 551. The van der Waals surface area contributed by atoms with Crippen molar-refractivity contribution in [2.75, 3.05) is 0 Å². The van der Waals surface area contributed by atoms with Crippen LogP contribution in [0.4, 0.5) is 8.78 Å². The average molecular weight is 265 g/mol. The summed E-state index contributed by atoms with van der Waals surface area (Å²) in [6, 6.07) is 5.85. The lowest BCUT2D eigenvalue weighted by molar-refractivity contribution is 0.497. The molecule has 0 amide bonds. The Morgan fingerprint density at radius 3 is 2.74 bits per heavy atom. The van der Waals surface area contributed by atoms with Gasteiger partial charge in [-0.2, -0.15) is 5.10 Å². The Morgan fingerprint density at radius 1 is 1.26 bits per heavy atom. The van der Waals surface area contributed by atoms with Crippen molar-refractivity contribution in [2.24, 2.45) is 0 Å². The Labute approximate surface area is 111 Å². The molecule has 3 nitrogen and oxygen atoms in total. The van der Waals surface area contributed by atoms with Crippen LogP contribution in [0.5, 0.6) is 0 Å². The third-order valence-corrected chi connectivity index (χ3v) is 3.14. The van der Waals surface area contributed by atoms with Gasteiger partial charge in [0.25, 0.3) is 0 Å². The molecule has 0 aliphatic carbocycles. The predicted octanol–water partition coefficient (Wildman–Crippen LogP) is 3.03. The maximum atomic E-state index is 13.2. The summed E-state index contributed by atoms with van der Waals surface area (Å²) in [5.74, 6) is -1.63. The van der Waals surface area contributed by atoms with Crippen molar-refractivity contribution < 1.29 is 8.78 Å². The second kappa shape index (κ2) is 5.93. The summed E-state index contributed by atoms with van der Waals surface area (Å²) in [4.78, 5) is 0. The molecular formula is C14H17F2N3. The maximum Gasteiger partial charge on any atom is 0.159 e. The first kappa shape index (κ1) is 13.7. The van der Waals surface area contributed by atoms with E-state index in [1.807, 2.05) is 24.6 Å². The van der Waals surface area contributed by atoms with Gasteiger partial charge in [-0.3, -0.25) is 4.68 Å². The molecule has 1 N–H and O–H groups in total. The van der Waals surface area contributed by atoms with Gasteiger partial charge in [0.1, 0.15) is 0 Å². The first-order valence-corrected chi connectivity index (χ1v) is 6.30. The highest BCUT2D eigenvalue weighted by molar-refractivity contribution is 5.20. The molecule has 1 heterocycles. The van der Waals surface area contributed by atoms with E-state index in [2.05, 4.69) is 10.4 Å². The van der Waals surface area contributed by atoms with E-state index in [1.165, 1.54) is 6.07 Å². The summed E-state index contributed by atoms with van der Waals surface area (Å²) < 4.78 is 27.9. The highest BCUT2D eigenvalue weighted by Gasteiger charge is 2.09. The highest BCUT2D eigenvalue weighted by atomic mass is 19.2. The molecule has 1 aromatic carbocycles. The third-order valence-electron chi connectivity index (χ3n) is 3.14. The Balaban J connectivity index is 2.01. The van der Waals surface area contributed by atoms with Crippen LogP contribution in [0.3, 0.4) is 0 Å². The van der Waals surface area contributed by atoms with E-state index in [9.17, 15) is 8.78 Å². The monoisotopic (exact) mass is 265 g/mol. The minimum absolute atomic E-state index is 0.0599. The van der Waals surface area contributed by atoms with E-state index in [0.29, 0.717) is 6.54 Å². The molecule has 0 aliphatic rings. The fourth-order valence-corrected chi connectivity index (χ4v) is 1.95. The Morgan fingerprint density at radius 2 is 2.05 bits per heavy atom. The highest BCUT2D eigenvalue weighted by Crippen LogP contribution is 2.16. The molecule has 0 radical (unpaired) electrons. The van der Waals surface area contributed by atoms with E-state index in [0.717, 1.165) is 23.9 Å². The molecule has 1 unspecified atom stereocenters. The van der Waals surface area contributed by atoms with Gasteiger partial charge in [-0.25, -0.2) is 8.78 Å². The first-order valence-electron chi connectivity index (χ1n) is 6.30. The number of aryl methyl sites for hydroxylation is 1. The van der Waals surface area contributed by atoms with E-state index >= 15 is 0 Å². The largest absolute Gasteiger partial charge is 0.305 e. The van der Waals surface area contributed by atoms with E-state index in [-0.39, 0.29) is 6.04 Å². The summed E-state index contributed by atoms with van der Waals surface area (Å²) in [5, 5.41) is 7.45. The zero-order valence-corrected chi connectivity index (χ0v) is 11.0. The normalized spacial score (nSPS) is 12.6. The van der Waals surface area contributed by atoms with Crippen molar-refractivity contribution in [3.63, 3.8) is 0 Å². The van der Waals surface area contributed by atoms with Crippen LogP contribution >= 0.6 is 0 Å². The van der Waals surface area contributed by atoms with E-state index in [1.54, 1.807) is 12.3 Å². The molecule has 1 aromatic heterocycles. The minimum atomic E-state index is -0.819. The molecule has 1 atom stereocenters. The quantitative estimate of drug-likeness (QED) is 0.900. The van der Waals surface area contributed by atoms with Gasteiger partial charge in [0.2, 0.25) is 0 Å². The number of aromatic nitrogens is 2. The first-order chi connectivity index (χ1) is 9.11. The molecule has 0 bridgehead atoms. The van der Waals surface area contributed by atoms with Crippen LogP contribution < -0.4 is 5.32 Å². The molecular weight excluding hydrogens is 248 g/mol. The van der Waals surface area contributed by atoms with Gasteiger partial charge in [0, 0.05) is 25.3 Å². The number of hydrogen-bond acceptors (Lipinski definition) is 2. The number of hydrogen-bond donors (Lipinski definition) is 1. The predicted molar refractivity (Wildman–Crippen MR) is 69.5 cm³/mol. The molecule has 0 aliphatic heterocycles. The molecule has 0 saturated heterocycles. The standard InChI is InChI=1S/C14H17F2N3/c1-3-19-12(6-7-18-19)9-17-10(2)11-4-5-13(15)14(16)8-11/h4-8,10,17H,3,9H2,1-2H3. The maximum absolute atomic E-state index is 13.2. The van der Waals surface area contributed by atoms with Gasteiger partial charge in [0.15, 0.2) is 11.6 Å². The third kappa shape index (κ3) is 3.17. The number of benzene rings is 1. The smallest absolute Gasteiger partial charge is 0.159 e. The number of nitrogens with one attached hydrogen (secondary N) is 1. The van der Waals surface area contributed by atoms with E-state index < -0.39 is 11.6 Å². The Kier molecular flexibility index (Phi) is 4.27. The van der Waals surface area contributed by atoms with Crippen molar-refractivity contribution in [1.29, 1.82) is 0 Å². The molecule has 2 rings (SSSR count). The number of rotatable bonds is 5. The van der Waals surface area contributed by atoms with Crippen LogP contribution in [-0.4, -0.2) is 9.78 Å². The van der Waals surface area contributed by atoms with Crippen molar-refractivity contribution in [1.82, 2.24) is 15.1 Å². The van der Waals surface area contributed by atoms with Gasteiger partial charge >= 0.3 is 0 Å². The van der Waals surface area contributed by atoms with Crippen LogP contribution in [-0.2, 0) is 13.1 Å². The second-order valence-corrected chi connectivity index (χ2v) is 4.41. The Hall–Kier alpha value is -1.75. The molecule has 102 valence electrons. The molecule has 5 heteroatoms. The van der Waals surface area contributed by atoms with E-state index in [4.69, 9.17) is 0 Å². The second-order valence-electron chi connectivity index (χ2n) is 4.41. The van der Waals surface area contributed by atoms with Crippen molar-refractivity contribution in [3.8, 4) is 0 Å². The van der Waals surface area contributed by atoms with Crippen molar-refractivity contribution in [2.45, 2.75) is 33.0 Å². The van der Waals surface area contributed by atoms with Gasteiger partial charge in [-0.15, -0.1) is 0 Å². The number of halogens is 2. The molecule has 19 heavy (non-hydrogen) atoms.